The molecule has 2 aromatic rings. The topological polar surface area (TPSA) is 235 Å². The van der Waals surface area contributed by atoms with E-state index in [2.05, 4.69) is 36.9 Å². The first-order chi connectivity index (χ1) is 18.8. The Kier molecular flexibility index (Phi) is 10.7. The standard InChI is InChI=1S/C24H35N11O4/c25-10-4-9-18-23(39)31-16(8-5-11-28-24(26)27)22(38)30-12-19(36)29-13-20(37)32-21(15-6-2-1-3-7-15)17-14-35(18)34-33-17/h1-3,6-7,14,16,18,21H,4-5,8-13,25H2,(H,29,36)(H,30,38)(H,31,39)(H,32,37)(H4,26,27,28)/t16-,18?,21?/m0/s1. The van der Waals surface area contributed by atoms with Gasteiger partial charge in [0, 0.05) is 6.54 Å². The number of hydrogen-bond donors (Lipinski definition) is 8. The number of benzene rings is 1. The van der Waals surface area contributed by atoms with Gasteiger partial charge >= 0.3 is 0 Å². The van der Waals surface area contributed by atoms with Gasteiger partial charge in [-0.2, -0.15) is 0 Å². The van der Waals surface area contributed by atoms with Crippen molar-refractivity contribution in [2.45, 2.75) is 43.8 Å². The van der Waals surface area contributed by atoms with Crippen LogP contribution in [0.4, 0.5) is 0 Å². The molecule has 210 valence electrons. The lowest BCUT2D eigenvalue weighted by atomic mass is 10.0. The summed E-state index contributed by atoms with van der Waals surface area (Å²) in [4.78, 5) is 51.4. The van der Waals surface area contributed by atoms with Gasteiger partial charge in [-0.25, -0.2) is 4.68 Å². The summed E-state index contributed by atoms with van der Waals surface area (Å²) in [5.74, 6) is -2.30. The molecule has 15 heteroatoms. The second-order valence-electron chi connectivity index (χ2n) is 9.02. The van der Waals surface area contributed by atoms with Crippen LogP contribution in [0.15, 0.2) is 36.5 Å². The van der Waals surface area contributed by atoms with E-state index < -0.39 is 41.8 Å². The van der Waals surface area contributed by atoms with Crippen LogP contribution in [0.1, 0.15) is 49.0 Å². The van der Waals surface area contributed by atoms with E-state index in [-0.39, 0.29) is 25.5 Å². The zero-order chi connectivity index (χ0) is 28.2. The molecule has 2 heterocycles. The molecule has 0 saturated heterocycles. The third-order valence-electron chi connectivity index (χ3n) is 6.05. The largest absolute Gasteiger partial charge is 0.370 e. The Bertz CT molecular complexity index is 1150. The van der Waals surface area contributed by atoms with Crippen LogP contribution in [0, 0.1) is 5.41 Å². The summed E-state index contributed by atoms with van der Waals surface area (Å²) in [6, 6.07) is 6.63. The van der Waals surface area contributed by atoms with Gasteiger partial charge < -0.3 is 38.1 Å². The third-order valence-corrected chi connectivity index (χ3v) is 6.05. The number of guanidine groups is 1. The fourth-order valence-corrected chi connectivity index (χ4v) is 4.05. The monoisotopic (exact) mass is 541 g/mol. The maximum atomic E-state index is 13.4. The lowest BCUT2D eigenvalue weighted by molar-refractivity contribution is -0.132. The molecule has 0 spiro atoms. The molecule has 0 radical (unpaired) electrons. The normalized spacial score (nSPS) is 20.8. The van der Waals surface area contributed by atoms with Crippen LogP contribution in [0.5, 0.6) is 0 Å². The molecule has 1 aromatic carbocycles. The number of aromatic nitrogens is 3. The number of carbonyl (C=O) groups excluding carboxylic acids is 4. The summed E-state index contributed by atoms with van der Waals surface area (Å²) in [5.41, 5.74) is 12.1. The van der Waals surface area contributed by atoms with E-state index in [0.717, 1.165) is 5.56 Å². The summed E-state index contributed by atoms with van der Waals surface area (Å²) < 4.78 is 1.41. The predicted molar refractivity (Wildman–Crippen MR) is 141 cm³/mol. The minimum absolute atomic E-state index is 0.208. The van der Waals surface area contributed by atoms with Crippen LogP contribution in [0.2, 0.25) is 0 Å². The molecule has 15 nitrogen and oxygen atoms in total. The van der Waals surface area contributed by atoms with Crippen molar-refractivity contribution >= 4 is 29.6 Å². The molecule has 1 aromatic heterocycles. The number of fused-ring (bicyclic) bond motifs is 2. The zero-order valence-corrected chi connectivity index (χ0v) is 21.5. The maximum absolute atomic E-state index is 13.4. The van der Waals surface area contributed by atoms with E-state index in [1.807, 2.05) is 30.3 Å². The maximum Gasteiger partial charge on any atom is 0.245 e. The molecule has 2 unspecified atom stereocenters. The number of nitrogens with zero attached hydrogens (tertiary/aromatic N) is 3. The number of nitrogens with one attached hydrogen (secondary N) is 6. The van der Waals surface area contributed by atoms with Gasteiger partial charge in [0.2, 0.25) is 23.6 Å². The van der Waals surface area contributed by atoms with Crippen molar-refractivity contribution in [3.8, 4) is 0 Å². The Labute approximate surface area is 225 Å². The Morgan fingerprint density at radius 2 is 1.74 bits per heavy atom. The molecule has 0 aliphatic carbocycles. The van der Waals surface area contributed by atoms with Crippen molar-refractivity contribution in [3.63, 3.8) is 0 Å². The fourth-order valence-electron chi connectivity index (χ4n) is 4.05. The molecule has 39 heavy (non-hydrogen) atoms. The van der Waals surface area contributed by atoms with Crippen molar-refractivity contribution in [1.82, 2.24) is 41.6 Å². The van der Waals surface area contributed by atoms with E-state index in [1.54, 1.807) is 6.20 Å². The molecular formula is C24H35N11O4. The van der Waals surface area contributed by atoms with Gasteiger partial charge in [0.05, 0.1) is 25.3 Å². The zero-order valence-electron chi connectivity index (χ0n) is 21.5. The van der Waals surface area contributed by atoms with Gasteiger partial charge in [-0.1, -0.05) is 35.5 Å². The number of rotatable bonds is 8. The predicted octanol–water partition coefficient (Wildman–Crippen LogP) is -2.24. The Balaban J connectivity index is 1.93. The summed E-state index contributed by atoms with van der Waals surface area (Å²) in [6.07, 6.45) is 3.03. The van der Waals surface area contributed by atoms with Crippen LogP contribution in [-0.2, 0) is 19.2 Å². The van der Waals surface area contributed by atoms with Crippen LogP contribution in [-0.4, -0.2) is 76.8 Å². The lowest BCUT2D eigenvalue weighted by Gasteiger charge is -2.23. The minimum Gasteiger partial charge on any atom is -0.370 e. The first-order valence-corrected chi connectivity index (χ1v) is 12.7. The molecule has 0 saturated carbocycles. The van der Waals surface area contributed by atoms with Gasteiger partial charge in [-0.15, -0.1) is 5.10 Å². The number of hydrogen-bond acceptors (Lipinski definition) is 8. The number of nitrogens with two attached hydrogens (primary N) is 2. The average molecular weight is 542 g/mol. The number of carbonyl (C=O) groups is 4. The molecule has 1 aliphatic heterocycles. The van der Waals surface area contributed by atoms with Crippen LogP contribution < -0.4 is 38.1 Å². The first kappa shape index (κ1) is 29.0. The van der Waals surface area contributed by atoms with Gasteiger partial charge in [0.1, 0.15) is 17.8 Å². The van der Waals surface area contributed by atoms with E-state index in [4.69, 9.17) is 16.9 Å². The van der Waals surface area contributed by atoms with Gasteiger partial charge in [0.15, 0.2) is 5.96 Å². The molecule has 3 atom stereocenters. The first-order valence-electron chi connectivity index (χ1n) is 12.7. The molecule has 1 aliphatic rings. The van der Waals surface area contributed by atoms with Crippen molar-refractivity contribution < 1.29 is 19.2 Å². The molecule has 3 rings (SSSR count). The smallest absolute Gasteiger partial charge is 0.245 e. The molecule has 10 N–H and O–H groups in total. The average Bonchev–Trinajstić information content (AvgIpc) is 3.40. The van der Waals surface area contributed by atoms with E-state index in [0.29, 0.717) is 38.0 Å². The van der Waals surface area contributed by atoms with Crippen molar-refractivity contribution in [3.05, 3.63) is 47.8 Å². The van der Waals surface area contributed by atoms with Gasteiger partial charge in [0.25, 0.3) is 0 Å². The second-order valence-corrected chi connectivity index (χ2v) is 9.02. The number of amides is 4. The van der Waals surface area contributed by atoms with E-state index in [9.17, 15) is 19.2 Å². The SMILES string of the molecule is N=C(N)NCCC[C@@H]1NC(=O)C(CCCN)n2cc(nn2)C(c2ccccc2)NC(=O)CNC(=O)CNC1=O. The van der Waals surface area contributed by atoms with Gasteiger partial charge in [-0.05, 0) is 37.8 Å². The summed E-state index contributed by atoms with van der Waals surface area (Å²) in [6.45, 7) is -0.0503. The van der Waals surface area contributed by atoms with Crippen molar-refractivity contribution in [2.24, 2.45) is 11.5 Å². The van der Waals surface area contributed by atoms with Crippen molar-refractivity contribution in [1.29, 1.82) is 5.41 Å². The lowest BCUT2D eigenvalue weighted by Crippen LogP contribution is -2.51. The van der Waals surface area contributed by atoms with E-state index in [1.165, 1.54) is 4.68 Å². The molecular weight excluding hydrogens is 506 g/mol. The van der Waals surface area contributed by atoms with Crippen LogP contribution in [0.25, 0.3) is 0 Å². The highest BCUT2D eigenvalue weighted by molar-refractivity contribution is 5.92. The Morgan fingerprint density at radius 1 is 1.00 bits per heavy atom. The quantitative estimate of drug-likeness (QED) is 0.102. The second kappa shape index (κ2) is 14.4. The highest BCUT2D eigenvalue weighted by Gasteiger charge is 2.29. The van der Waals surface area contributed by atoms with Crippen molar-refractivity contribution in [2.75, 3.05) is 26.2 Å². The Morgan fingerprint density at radius 3 is 2.46 bits per heavy atom. The van der Waals surface area contributed by atoms with Crippen LogP contribution >= 0.6 is 0 Å². The van der Waals surface area contributed by atoms with E-state index >= 15 is 0 Å². The minimum atomic E-state index is -0.976. The molecule has 2 bridgehead atoms. The molecule has 4 amide bonds. The molecule has 0 fully saturated rings. The fraction of sp³-hybridized carbons (Fsp3) is 0.458. The Hall–Kier alpha value is -4.53. The van der Waals surface area contributed by atoms with Gasteiger partial charge in [-0.3, -0.25) is 24.6 Å². The summed E-state index contributed by atoms with van der Waals surface area (Å²) in [5, 5.41) is 28.9. The van der Waals surface area contributed by atoms with Crippen LogP contribution in [0.3, 0.4) is 0 Å². The third kappa shape index (κ3) is 8.77. The highest BCUT2D eigenvalue weighted by atomic mass is 16.2. The summed E-state index contributed by atoms with van der Waals surface area (Å²) in [7, 11) is 0. The summed E-state index contributed by atoms with van der Waals surface area (Å²) >= 11 is 0. The highest BCUT2D eigenvalue weighted by Crippen LogP contribution is 2.22.